The van der Waals surface area contributed by atoms with Crippen molar-refractivity contribution in [1.29, 1.82) is 0 Å². The highest BCUT2D eigenvalue weighted by Gasteiger charge is 2.50. The van der Waals surface area contributed by atoms with Crippen molar-refractivity contribution < 1.29 is 9.47 Å². The summed E-state index contributed by atoms with van der Waals surface area (Å²) in [5, 5.41) is 0. The summed E-state index contributed by atoms with van der Waals surface area (Å²) in [6, 6.07) is 0. The van der Waals surface area contributed by atoms with E-state index in [4.69, 9.17) is 9.47 Å². The normalized spacial score (nSPS) is 35.4. The van der Waals surface area contributed by atoms with Gasteiger partial charge in [-0.1, -0.05) is 39.5 Å². The molecular weight excluding hydrogens is 236 g/mol. The maximum absolute atomic E-state index is 6.37. The van der Waals surface area contributed by atoms with Crippen LogP contribution in [0.15, 0.2) is 0 Å². The van der Waals surface area contributed by atoms with Crippen molar-refractivity contribution in [3.8, 4) is 0 Å². The first-order chi connectivity index (χ1) is 9.11. The van der Waals surface area contributed by atoms with E-state index in [-0.39, 0.29) is 11.2 Å². The minimum atomic E-state index is -0.213. The molecule has 0 N–H and O–H groups in total. The van der Waals surface area contributed by atoms with E-state index in [1.54, 1.807) is 0 Å². The zero-order valence-electron chi connectivity index (χ0n) is 12.7. The third-order valence-electron chi connectivity index (χ3n) is 5.49. The molecule has 1 saturated heterocycles. The Kier molecular flexibility index (Phi) is 3.92. The van der Waals surface area contributed by atoms with Crippen molar-refractivity contribution in [1.82, 2.24) is 0 Å². The van der Waals surface area contributed by atoms with Crippen molar-refractivity contribution in [2.24, 2.45) is 17.3 Å². The molecule has 2 aliphatic carbocycles. The molecule has 0 amide bonds. The van der Waals surface area contributed by atoms with Gasteiger partial charge in [0.25, 0.3) is 0 Å². The van der Waals surface area contributed by atoms with Gasteiger partial charge in [0.15, 0.2) is 5.79 Å². The van der Waals surface area contributed by atoms with Crippen LogP contribution in [0.5, 0.6) is 0 Å². The third kappa shape index (κ3) is 2.85. The largest absolute Gasteiger partial charge is 0.349 e. The maximum atomic E-state index is 6.37. The molecule has 0 bridgehead atoms. The van der Waals surface area contributed by atoms with Crippen molar-refractivity contribution in [2.75, 3.05) is 13.2 Å². The molecule has 0 aromatic heterocycles. The Morgan fingerprint density at radius 1 is 0.789 bits per heavy atom. The van der Waals surface area contributed by atoms with E-state index in [0.717, 1.165) is 25.6 Å². The first kappa shape index (κ1) is 13.9. The van der Waals surface area contributed by atoms with Gasteiger partial charge in [0.1, 0.15) is 0 Å². The SMILES string of the molecule is CC1(C)COC2(CCCCC2C2CCCCC2)OC1. The molecule has 1 aliphatic heterocycles. The van der Waals surface area contributed by atoms with Gasteiger partial charge in [-0.2, -0.15) is 0 Å². The molecule has 1 atom stereocenters. The molecule has 2 saturated carbocycles. The highest BCUT2D eigenvalue weighted by molar-refractivity contribution is 4.92. The van der Waals surface area contributed by atoms with Crippen LogP contribution < -0.4 is 0 Å². The monoisotopic (exact) mass is 266 g/mol. The average Bonchev–Trinajstić information content (AvgIpc) is 2.44. The molecule has 3 rings (SSSR count). The summed E-state index contributed by atoms with van der Waals surface area (Å²) >= 11 is 0. The second-order valence-corrected chi connectivity index (χ2v) is 7.80. The molecule has 3 fully saturated rings. The van der Waals surface area contributed by atoms with E-state index in [1.807, 2.05) is 0 Å². The van der Waals surface area contributed by atoms with Gasteiger partial charge < -0.3 is 9.47 Å². The summed E-state index contributed by atoms with van der Waals surface area (Å²) in [7, 11) is 0. The van der Waals surface area contributed by atoms with E-state index in [2.05, 4.69) is 13.8 Å². The maximum Gasteiger partial charge on any atom is 0.171 e. The fourth-order valence-electron chi connectivity index (χ4n) is 4.35. The fraction of sp³-hybridized carbons (Fsp3) is 1.00. The van der Waals surface area contributed by atoms with E-state index in [9.17, 15) is 0 Å². The summed E-state index contributed by atoms with van der Waals surface area (Å²) in [4.78, 5) is 0. The van der Waals surface area contributed by atoms with Gasteiger partial charge in [-0.15, -0.1) is 0 Å². The quantitative estimate of drug-likeness (QED) is 0.694. The van der Waals surface area contributed by atoms with Gasteiger partial charge in [0, 0.05) is 17.8 Å². The molecule has 2 nitrogen and oxygen atoms in total. The van der Waals surface area contributed by atoms with Crippen LogP contribution in [0.1, 0.15) is 71.6 Å². The van der Waals surface area contributed by atoms with Crippen LogP contribution in [0.4, 0.5) is 0 Å². The molecule has 110 valence electrons. The van der Waals surface area contributed by atoms with Crippen LogP contribution in [0.25, 0.3) is 0 Å². The lowest BCUT2D eigenvalue weighted by Crippen LogP contribution is -2.55. The minimum absolute atomic E-state index is 0.194. The lowest BCUT2D eigenvalue weighted by Gasteiger charge is -2.52. The summed E-state index contributed by atoms with van der Waals surface area (Å²) in [6.45, 7) is 6.24. The van der Waals surface area contributed by atoms with Crippen molar-refractivity contribution >= 4 is 0 Å². The summed E-state index contributed by atoms with van der Waals surface area (Å²) in [5.41, 5.74) is 0.194. The van der Waals surface area contributed by atoms with Gasteiger partial charge in [0.05, 0.1) is 13.2 Å². The Balaban J connectivity index is 1.73. The van der Waals surface area contributed by atoms with Crippen LogP contribution in [-0.4, -0.2) is 19.0 Å². The Morgan fingerprint density at radius 3 is 2.11 bits per heavy atom. The zero-order valence-corrected chi connectivity index (χ0v) is 12.7. The summed E-state index contributed by atoms with van der Waals surface area (Å²) in [6.07, 6.45) is 12.2. The van der Waals surface area contributed by atoms with Crippen LogP contribution >= 0.6 is 0 Å². The van der Waals surface area contributed by atoms with E-state index in [1.165, 1.54) is 51.4 Å². The molecule has 1 unspecified atom stereocenters. The number of hydrogen-bond donors (Lipinski definition) is 0. The second-order valence-electron chi connectivity index (χ2n) is 7.80. The number of ether oxygens (including phenoxy) is 2. The molecule has 19 heavy (non-hydrogen) atoms. The molecule has 2 heteroatoms. The molecular formula is C17H30O2. The van der Waals surface area contributed by atoms with Crippen LogP contribution in [0.2, 0.25) is 0 Å². The van der Waals surface area contributed by atoms with Crippen molar-refractivity contribution in [3.05, 3.63) is 0 Å². The Hall–Kier alpha value is -0.0800. The van der Waals surface area contributed by atoms with Crippen molar-refractivity contribution in [3.63, 3.8) is 0 Å². The molecule has 1 spiro atoms. The highest BCUT2D eigenvalue weighted by Crippen LogP contribution is 2.48. The predicted octanol–water partition coefficient (Wildman–Crippen LogP) is 4.53. The number of rotatable bonds is 1. The zero-order chi connectivity index (χ0) is 13.3. The Bertz CT molecular complexity index is 294. The first-order valence-corrected chi connectivity index (χ1v) is 8.39. The standard InChI is InChI=1S/C17H30O2/c1-16(2)12-18-17(19-13-16)11-7-6-10-15(17)14-8-4-3-5-9-14/h14-15H,3-13H2,1-2H3. The van der Waals surface area contributed by atoms with Crippen LogP contribution in [0, 0.1) is 17.3 Å². The fourth-order valence-corrected chi connectivity index (χ4v) is 4.35. The van der Waals surface area contributed by atoms with E-state index >= 15 is 0 Å². The van der Waals surface area contributed by atoms with Crippen LogP contribution in [0.3, 0.4) is 0 Å². The molecule has 1 heterocycles. The lowest BCUT2D eigenvalue weighted by atomic mass is 9.69. The van der Waals surface area contributed by atoms with E-state index in [0.29, 0.717) is 5.92 Å². The van der Waals surface area contributed by atoms with Crippen molar-refractivity contribution in [2.45, 2.75) is 77.4 Å². The van der Waals surface area contributed by atoms with E-state index < -0.39 is 0 Å². The Morgan fingerprint density at radius 2 is 1.42 bits per heavy atom. The highest BCUT2D eigenvalue weighted by atomic mass is 16.7. The first-order valence-electron chi connectivity index (χ1n) is 8.39. The lowest BCUT2D eigenvalue weighted by molar-refractivity contribution is -0.339. The predicted molar refractivity (Wildman–Crippen MR) is 76.9 cm³/mol. The average molecular weight is 266 g/mol. The summed E-state index contributed by atoms with van der Waals surface area (Å²) in [5.74, 6) is 1.31. The molecule has 0 aromatic carbocycles. The minimum Gasteiger partial charge on any atom is -0.349 e. The second kappa shape index (κ2) is 5.37. The summed E-state index contributed by atoms with van der Waals surface area (Å²) < 4.78 is 12.7. The Labute approximate surface area is 118 Å². The van der Waals surface area contributed by atoms with Gasteiger partial charge >= 0.3 is 0 Å². The molecule has 0 aromatic rings. The van der Waals surface area contributed by atoms with Gasteiger partial charge in [-0.3, -0.25) is 0 Å². The van der Waals surface area contributed by atoms with Gasteiger partial charge in [0.2, 0.25) is 0 Å². The topological polar surface area (TPSA) is 18.5 Å². The smallest absolute Gasteiger partial charge is 0.171 e. The molecule has 0 radical (unpaired) electrons. The van der Waals surface area contributed by atoms with Gasteiger partial charge in [-0.05, 0) is 31.6 Å². The molecule has 3 aliphatic rings. The number of hydrogen-bond acceptors (Lipinski definition) is 2. The third-order valence-corrected chi connectivity index (χ3v) is 5.49. The van der Waals surface area contributed by atoms with Crippen LogP contribution in [-0.2, 0) is 9.47 Å². The van der Waals surface area contributed by atoms with Gasteiger partial charge in [-0.25, -0.2) is 0 Å².